The second-order valence-corrected chi connectivity index (χ2v) is 7.54. The van der Waals surface area contributed by atoms with Gasteiger partial charge in [-0.1, -0.05) is 35.9 Å². The molecule has 6 heteroatoms. The smallest absolute Gasteiger partial charge is 0.227 e. The number of hydrogen-bond donors (Lipinski definition) is 2. The summed E-state index contributed by atoms with van der Waals surface area (Å²) in [5.41, 5.74) is 4.09. The number of halogens is 1. The number of amides is 1. The zero-order chi connectivity index (χ0) is 19.2. The summed E-state index contributed by atoms with van der Waals surface area (Å²) in [6.07, 6.45) is 3.39. The van der Waals surface area contributed by atoms with Gasteiger partial charge in [0.1, 0.15) is 0 Å². The molecule has 0 radical (unpaired) electrons. The van der Waals surface area contributed by atoms with Gasteiger partial charge in [0.25, 0.3) is 0 Å². The minimum atomic E-state index is 0.190. The SMILES string of the molecule is Cc1ccc(NC(=S)NCCCc2ccccc2Cl)cc1N1CCCC1=O. The molecule has 1 aliphatic heterocycles. The van der Waals surface area contributed by atoms with Crippen molar-refractivity contribution < 1.29 is 4.79 Å². The Hall–Kier alpha value is -2.11. The molecule has 0 aromatic heterocycles. The van der Waals surface area contributed by atoms with Gasteiger partial charge in [-0.3, -0.25) is 4.79 Å². The number of rotatable bonds is 6. The quantitative estimate of drug-likeness (QED) is 0.544. The number of thiocarbonyl (C=S) groups is 1. The first-order valence-electron chi connectivity index (χ1n) is 9.24. The fraction of sp³-hybridized carbons (Fsp3) is 0.333. The van der Waals surface area contributed by atoms with E-state index in [1.54, 1.807) is 0 Å². The summed E-state index contributed by atoms with van der Waals surface area (Å²) in [5.74, 6) is 0.190. The number of aryl methyl sites for hydroxylation is 2. The van der Waals surface area contributed by atoms with E-state index in [9.17, 15) is 4.79 Å². The molecule has 1 saturated heterocycles. The number of nitrogens with one attached hydrogen (secondary N) is 2. The normalized spacial score (nSPS) is 13.7. The number of anilines is 2. The highest BCUT2D eigenvalue weighted by Crippen LogP contribution is 2.28. The molecule has 0 atom stereocenters. The van der Waals surface area contributed by atoms with Gasteiger partial charge >= 0.3 is 0 Å². The summed E-state index contributed by atoms with van der Waals surface area (Å²) in [5, 5.41) is 7.83. The van der Waals surface area contributed by atoms with Crippen LogP contribution in [0.5, 0.6) is 0 Å². The maximum absolute atomic E-state index is 12.0. The predicted octanol–water partition coefficient (Wildman–Crippen LogP) is 4.69. The van der Waals surface area contributed by atoms with Crippen molar-refractivity contribution in [2.45, 2.75) is 32.6 Å². The van der Waals surface area contributed by atoms with E-state index in [4.69, 9.17) is 23.8 Å². The Kier molecular flexibility index (Phi) is 6.69. The number of nitrogens with zero attached hydrogens (tertiary/aromatic N) is 1. The molecule has 0 bridgehead atoms. The Morgan fingerprint density at radius 2 is 2.07 bits per heavy atom. The highest BCUT2D eigenvalue weighted by atomic mass is 35.5. The van der Waals surface area contributed by atoms with Crippen molar-refractivity contribution >= 4 is 46.2 Å². The lowest BCUT2D eigenvalue weighted by Crippen LogP contribution is -2.30. The Balaban J connectivity index is 1.50. The van der Waals surface area contributed by atoms with Crippen LogP contribution in [-0.4, -0.2) is 24.1 Å². The molecule has 1 fully saturated rings. The Labute approximate surface area is 170 Å². The monoisotopic (exact) mass is 401 g/mol. The Morgan fingerprint density at radius 3 is 2.81 bits per heavy atom. The van der Waals surface area contributed by atoms with Crippen molar-refractivity contribution in [2.24, 2.45) is 0 Å². The van der Waals surface area contributed by atoms with Crippen LogP contribution in [0.3, 0.4) is 0 Å². The van der Waals surface area contributed by atoms with E-state index in [0.717, 1.165) is 59.9 Å². The number of carbonyl (C=O) groups excluding carboxylic acids is 1. The molecule has 0 spiro atoms. The van der Waals surface area contributed by atoms with Gasteiger partial charge < -0.3 is 15.5 Å². The molecule has 2 aromatic carbocycles. The highest BCUT2D eigenvalue weighted by Gasteiger charge is 2.23. The fourth-order valence-electron chi connectivity index (χ4n) is 3.24. The van der Waals surface area contributed by atoms with E-state index in [-0.39, 0.29) is 5.91 Å². The van der Waals surface area contributed by atoms with Crippen molar-refractivity contribution in [2.75, 3.05) is 23.3 Å². The molecule has 4 nitrogen and oxygen atoms in total. The summed E-state index contributed by atoms with van der Waals surface area (Å²) >= 11 is 11.6. The van der Waals surface area contributed by atoms with Gasteiger partial charge in [0.05, 0.1) is 0 Å². The van der Waals surface area contributed by atoms with Crippen LogP contribution in [0, 0.1) is 6.92 Å². The topological polar surface area (TPSA) is 44.4 Å². The molecule has 1 amide bonds. The van der Waals surface area contributed by atoms with Gasteiger partial charge in [0.15, 0.2) is 5.11 Å². The van der Waals surface area contributed by atoms with Crippen LogP contribution in [0.1, 0.15) is 30.4 Å². The van der Waals surface area contributed by atoms with Crippen molar-refractivity contribution in [1.29, 1.82) is 0 Å². The lowest BCUT2D eigenvalue weighted by molar-refractivity contribution is -0.117. The minimum Gasteiger partial charge on any atom is -0.362 e. The summed E-state index contributed by atoms with van der Waals surface area (Å²) < 4.78 is 0. The standard InChI is InChI=1S/C21H24ClN3OS/c1-15-10-11-17(14-19(15)25-13-5-9-20(25)26)24-21(27)23-12-4-7-16-6-2-3-8-18(16)22/h2-3,6,8,10-11,14H,4-5,7,9,12-13H2,1H3,(H2,23,24,27). The van der Waals surface area contributed by atoms with E-state index in [1.807, 2.05) is 54.3 Å². The third-order valence-corrected chi connectivity index (χ3v) is 5.31. The van der Waals surface area contributed by atoms with Gasteiger partial charge in [0.2, 0.25) is 5.91 Å². The van der Waals surface area contributed by atoms with Crippen LogP contribution in [0.25, 0.3) is 0 Å². The predicted molar refractivity (Wildman–Crippen MR) is 117 cm³/mol. The second kappa shape index (κ2) is 9.20. The largest absolute Gasteiger partial charge is 0.362 e. The van der Waals surface area contributed by atoms with Crippen molar-refractivity contribution in [1.82, 2.24) is 5.32 Å². The first-order valence-corrected chi connectivity index (χ1v) is 10.0. The molecule has 27 heavy (non-hydrogen) atoms. The van der Waals surface area contributed by atoms with Crippen LogP contribution >= 0.6 is 23.8 Å². The molecule has 0 saturated carbocycles. The minimum absolute atomic E-state index is 0.190. The molecular formula is C21H24ClN3OS. The third kappa shape index (κ3) is 5.21. The average molecular weight is 402 g/mol. The van der Waals surface area contributed by atoms with Crippen LogP contribution in [0.4, 0.5) is 11.4 Å². The van der Waals surface area contributed by atoms with E-state index >= 15 is 0 Å². The highest BCUT2D eigenvalue weighted by molar-refractivity contribution is 7.80. The van der Waals surface area contributed by atoms with Crippen LogP contribution in [0.15, 0.2) is 42.5 Å². The van der Waals surface area contributed by atoms with Crippen LogP contribution in [0.2, 0.25) is 5.02 Å². The lowest BCUT2D eigenvalue weighted by atomic mass is 10.1. The zero-order valence-electron chi connectivity index (χ0n) is 15.4. The van der Waals surface area contributed by atoms with Crippen LogP contribution in [-0.2, 0) is 11.2 Å². The van der Waals surface area contributed by atoms with E-state index < -0.39 is 0 Å². The molecule has 2 N–H and O–H groups in total. The van der Waals surface area contributed by atoms with Crippen molar-refractivity contribution in [3.05, 3.63) is 58.6 Å². The summed E-state index contributed by atoms with van der Waals surface area (Å²) in [4.78, 5) is 13.9. The molecular weight excluding hydrogens is 378 g/mol. The Bertz CT molecular complexity index is 840. The zero-order valence-corrected chi connectivity index (χ0v) is 17.0. The maximum Gasteiger partial charge on any atom is 0.227 e. The number of carbonyl (C=O) groups is 1. The van der Waals surface area contributed by atoms with Gasteiger partial charge in [-0.2, -0.15) is 0 Å². The van der Waals surface area contributed by atoms with Gasteiger partial charge in [-0.05, 0) is 67.7 Å². The molecule has 1 heterocycles. The van der Waals surface area contributed by atoms with Gasteiger partial charge in [-0.25, -0.2) is 0 Å². The average Bonchev–Trinajstić information content (AvgIpc) is 3.07. The summed E-state index contributed by atoms with van der Waals surface area (Å²) in [6.45, 7) is 3.57. The van der Waals surface area contributed by atoms with E-state index in [2.05, 4.69) is 10.6 Å². The van der Waals surface area contributed by atoms with E-state index in [1.165, 1.54) is 0 Å². The van der Waals surface area contributed by atoms with E-state index in [0.29, 0.717) is 11.5 Å². The summed E-state index contributed by atoms with van der Waals surface area (Å²) in [7, 11) is 0. The molecule has 2 aromatic rings. The lowest BCUT2D eigenvalue weighted by Gasteiger charge is -2.20. The first kappa shape index (κ1) is 19.6. The summed E-state index contributed by atoms with van der Waals surface area (Å²) in [6, 6.07) is 13.9. The maximum atomic E-state index is 12.0. The van der Waals surface area contributed by atoms with Gasteiger partial charge in [-0.15, -0.1) is 0 Å². The molecule has 0 unspecified atom stereocenters. The molecule has 0 aliphatic carbocycles. The number of benzene rings is 2. The molecule has 1 aliphatic rings. The fourth-order valence-corrected chi connectivity index (χ4v) is 3.69. The molecule has 142 valence electrons. The second-order valence-electron chi connectivity index (χ2n) is 6.73. The van der Waals surface area contributed by atoms with Gasteiger partial charge in [0, 0.05) is 35.9 Å². The van der Waals surface area contributed by atoms with Crippen LogP contribution < -0.4 is 15.5 Å². The number of hydrogen-bond acceptors (Lipinski definition) is 2. The van der Waals surface area contributed by atoms with Crippen molar-refractivity contribution in [3.8, 4) is 0 Å². The van der Waals surface area contributed by atoms with Crippen molar-refractivity contribution in [3.63, 3.8) is 0 Å². The third-order valence-electron chi connectivity index (χ3n) is 4.70. The first-order chi connectivity index (χ1) is 13.0. The Morgan fingerprint density at radius 1 is 1.26 bits per heavy atom. The molecule has 3 rings (SSSR count).